The molecule has 0 aliphatic heterocycles. The first-order chi connectivity index (χ1) is 12.4. The van der Waals surface area contributed by atoms with Gasteiger partial charge >= 0.3 is 23.7 Å². The lowest BCUT2D eigenvalue weighted by atomic mass is 9.78. The van der Waals surface area contributed by atoms with E-state index >= 15 is 0 Å². The Morgan fingerprint density at radius 1 is 0.821 bits per heavy atom. The van der Waals surface area contributed by atoms with Gasteiger partial charge in [-0.15, -0.1) is 0 Å². The summed E-state index contributed by atoms with van der Waals surface area (Å²) in [5.74, 6) is -26.2. The fraction of sp³-hybridized carbons (Fsp3) is 0.667. The summed E-state index contributed by atoms with van der Waals surface area (Å²) < 4.78 is 124. The molecule has 0 heterocycles. The van der Waals surface area contributed by atoms with Crippen molar-refractivity contribution in [1.82, 2.24) is 0 Å². The van der Waals surface area contributed by atoms with Gasteiger partial charge in [0.1, 0.15) is 0 Å². The average molecular weight is 422 g/mol. The summed E-state index contributed by atoms with van der Waals surface area (Å²) >= 11 is 0. The van der Waals surface area contributed by atoms with E-state index in [4.69, 9.17) is 0 Å². The van der Waals surface area contributed by atoms with Crippen molar-refractivity contribution in [3.63, 3.8) is 0 Å². The molecule has 0 radical (unpaired) electrons. The zero-order valence-corrected chi connectivity index (χ0v) is 15.1. The largest absolute Gasteiger partial charge is 0.385 e. The van der Waals surface area contributed by atoms with Crippen LogP contribution < -0.4 is 0 Å². The number of aliphatic hydroxyl groups is 1. The van der Waals surface area contributed by atoms with Crippen molar-refractivity contribution in [2.75, 3.05) is 0 Å². The van der Waals surface area contributed by atoms with Crippen molar-refractivity contribution >= 4 is 0 Å². The van der Waals surface area contributed by atoms with E-state index in [1.165, 1.54) is 18.2 Å². The Labute approximate surface area is 155 Å². The maximum atomic E-state index is 14.8. The lowest BCUT2D eigenvalue weighted by Crippen LogP contribution is -2.57. The second-order valence-electron chi connectivity index (χ2n) is 7.80. The van der Waals surface area contributed by atoms with Crippen LogP contribution in [-0.4, -0.2) is 34.5 Å². The van der Waals surface area contributed by atoms with Gasteiger partial charge in [-0.1, -0.05) is 38.1 Å². The second-order valence-corrected chi connectivity index (χ2v) is 7.80. The summed E-state index contributed by atoms with van der Waals surface area (Å²) in [4.78, 5) is 0. The molecule has 1 saturated carbocycles. The molecule has 160 valence electrons. The molecule has 0 amide bonds. The predicted molar refractivity (Wildman–Crippen MR) is 82.8 cm³/mol. The van der Waals surface area contributed by atoms with E-state index in [9.17, 15) is 44.6 Å². The first-order valence-electron chi connectivity index (χ1n) is 8.38. The molecule has 1 aromatic rings. The first kappa shape index (κ1) is 22.8. The van der Waals surface area contributed by atoms with E-state index in [0.717, 1.165) is 6.07 Å². The van der Waals surface area contributed by atoms with Gasteiger partial charge in [0.2, 0.25) is 0 Å². The molecule has 0 spiro atoms. The predicted octanol–water partition coefficient (Wildman–Crippen LogP) is 5.75. The molecular formula is C18H19F9O. The third kappa shape index (κ3) is 2.74. The number of hydrogen-bond donors (Lipinski definition) is 1. The van der Waals surface area contributed by atoms with Crippen LogP contribution in [0.25, 0.3) is 0 Å². The summed E-state index contributed by atoms with van der Waals surface area (Å²) in [5.41, 5.74) is -8.58. The lowest BCUT2D eigenvalue weighted by Gasteiger charge is -2.37. The highest BCUT2D eigenvalue weighted by Gasteiger charge is 3.00. The maximum Gasteiger partial charge on any atom is 0.381 e. The van der Waals surface area contributed by atoms with Crippen LogP contribution in [0, 0.1) is 5.92 Å². The van der Waals surface area contributed by atoms with E-state index < -0.39 is 41.4 Å². The molecule has 0 bridgehead atoms. The van der Waals surface area contributed by atoms with Gasteiger partial charge in [0.25, 0.3) is 5.67 Å². The Balaban J connectivity index is 2.60. The normalized spacial score (nSPS) is 26.2. The van der Waals surface area contributed by atoms with Crippen LogP contribution in [0.2, 0.25) is 0 Å². The molecule has 0 aromatic heterocycles. The molecule has 28 heavy (non-hydrogen) atoms. The van der Waals surface area contributed by atoms with Crippen LogP contribution in [-0.2, 0) is 12.0 Å². The molecule has 1 atom stereocenters. The first-order valence-corrected chi connectivity index (χ1v) is 8.38. The third-order valence-electron chi connectivity index (χ3n) is 4.99. The van der Waals surface area contributed by atoms with Crippen molar-refractivity contribution in [3.05, 3.63) is 35.4 Å². The van der Waals surface area contributed by atoms with Gasteiger partial charge in [-0.25, -0.2) is 4.39 Å². The van der Waals surface area contributed by atoms with Gasteiger partial charge < -0.3 is 5.11 Å². The monoisotopic (exact) mass is 422 g/mol. The van der Waals surface area contributed by atoms with Crippen molar-refractivity contribution in [3.8, 4) is 0 Å². The molecule has 1 aliphatic rings. The highest BCUT2D eigenvalue weighted by Crippen LogP contribution is 2.71. The Kier molecular flexibility index (Phi) is 5.12. The highest BCUT2D eigenvalue weighted by atomic mass is 19.4. The van der Waals surface area contributed by atoms with E-state index in [1.807, 2.05) is 0 Å². The molecule has 1 aliphatic carbocycles. The lowest BCUT2D eigenvalue weighted by molar-refractivity contribution is -0.303. The second kappa shape index (κ2) is 6.27. The quantitative estimate of drug-likeness (QED) is 0.600. The van der Waals surface area contributed by atoms with Crippen LogP contribution in [0.15, 0.2) is 24.3 Å². The minimum atomic E-state index is -6.65. The Bertz CT molecular complexity index is 714. The van der Waals surface area contributed by atoms with Gasteiger partial charge in [0.15, 0.2) is 0 Å². The Morgan fingerprint density at radius 3 is 1.68 bits per heavy atom. The minimum Gasteiger partial charge on any atom is -0.385 e. The number of halogens is 9. The van der Waals surface area contributed by atoms with Crippen molar-refractivity contribution < 1.29 is 44.6 Å². The number of rotatable bonds is 5. The van der Waals surface area contributed by atoms with E-state index in [1.54, 1.807) is 13.8 Å². The van der Waals surface area contributed by atoms with Crippen molar-refractivity contribution in [2.45, 2.75) is 68.6 Å². The van der Waals surface area contributed by atoms with Crippen LogP contribution in [0.4, 0.5) is 39.5 Å². The zero-order valence-electron chi connectivity index (χ0n) is 15.1. The Hall–Kier alpha value is -1.45. The minimum absolute atomic E-state index is 0.0562. The van der Waals surface area contributed by atoms with Gasteiger partial charge in [-0.05, 0) is 30.4 Å². The topological polar surface area (TPSA) is 20.2 Å². The van der Waals surface area contributed by atoms with Crippen LogP contribution in [0.5, 0.6) is 0 Å². The van der Waals surface area contributed by atoms with Gasteiger partial charge in [-0.2, -0.15) is 35.1 Å². The maximum absolute atomic E-state index is 14.8. The number of alkyl halides is 9. The van der Waals surface area contributed by atoms with Crippen molar-refractivity contribution in [2.24, 2.45) is 5.92 Å². The average Bonchev–Trinajstić information content (AvgIpc) is 2.57. The standard InChI is InChI=1S/C18H19F9O/c1-10(2)8-11-6-4-5-7-12(11)13(3,28)9-14(19)15(20,21)17(24,25)18(26,27)16(14,22)23/h4-7,10,28H,8-9H2,1-3H3. The summed E-state index contributed by atoms with van der Waals surface area (Å²) in [6, 6.07) is 5.28. The van der Waals surface area contributed by atoms with Crippen LogP contribution in [0.3, 0.4) is 0 Å². The summed E-state index contributed by atoms with van der Waals surface area (Å²) in [7, 11) is 0. The van der Waals surface area contributed by atoms with Gasteiger partial charge in [-0.3, -0.25) is 0 Å². The summed E-state index contributed by atoms with van der Waals surface area (Å²) in [6.07, 6.45) is -2.15. The fourth-order valence-electron chi connectivity index (χ4n) is 3.54. The Morgan fingerprint density at radius 2 is 1.25 bits per heavy atom. The summed E-state index contributed by atoms with van der Waals surface area (Å²) in [6.45, 7) is 4.12. The molecule has 1 unspecified atom stereocenters. The van der Waals surface area contributed by atoms with Crippen LogP contribution in [0.1, 0.15) is 38.3 Å². The fourth-order valence-corrected chi connectivity index (χ4v) is 3.54. The van der Waals surface area contributed by atoms with Crippen molar-refractivity contribution in [1.29, 1.82) is 0 Å². The third-order valence-corrected chi connectivity index (χ3v) is 4.99. The number of benzene rings is 1. The smallest absolute Gasteiger partial charge is 0.381 e. The van der Waals surface area contributed by atoms with Crippen LogP contribution >= 0.6 is 0 Å². The van der Waals surface area contributed by atoms with Gasteiger partial charge in [0, 0.05) is 6.42 Å². The molecule has 1 nitrogen and oxygen atoms in total. The zero-order chi connectivity index (χ0) is 22.0. The van der Waals surface area contributed by atoms with E-state index in [0.29, 0.717) is 6.92 Å². The van der Waals surface area contributed by atoms with Gasteiger partial charge in [0.05, 0.1) is 5.60 Å². The highest BCUT2D eigenvalue weighted by molar-refractivity contribution is 5.35. The molecule has 1 aromatic carbocycles. The molecule has 2 rings (SSSR count). The summed E-state index contributed by atoms with van der Waals surface area (Å²) in [5, 5.41) is 10.5. The SMILES string of the molecule is CC(C)Cc1ccccc1C(C)(O)CC1(F)C(F)(F)C(F)(F)C(F)(F)C1(F)F. The molecule has 0 saturated heterocycles. The van der Waals surface area contributed by atoms with E-state index in [2.05, 4.69) is 0 Å². The molecule has 1 fully saturated rings. The molecular weight excluding hydrogens is 403 g/mol. The molecule has 1 N–H and O–H groups in total. The number of hydrogen-bond acceptors (Lipinski definition) is 1. The molecule has 10 heteroatoms. The van der Waals surface area contributed by atoms with E-state index in [-0.39, 0.29) is 23.5 Å².